The summed E-state index contributed by atoms with van der Waals surface area (Å²) in [5.41, 5.74) is 0. The summed E-state index contributed by atoms with van der Waals surface area (Å²) in [5.74, 6) is 0.439. The van der Waals surface area contributed by atoms with Gasteiger partial charge in [0, 0.05) is 31.6 Å². The molecule has 1 amide bonds. The number of piperidine rings is 1. The molecule has 2 fully saturated rings. The van der Waals surface area contributed by atoms with Crippen molar-refractivity contribution in [2.45, 2.75) is 64.0 Å². The zero-order chi connectivity index (χ0) is 16.1. The summed E-state index contributed by atoms with van der Waals surface area (Å²) in [6.07, 6.45) is 8.94. The van der Waals surface area contributed by atoms with E-state index < -0.39 is 0 Å². The Balaban J connectivity index is 1.80. The van der Waals surface area contributed by atoms with Crippen molar-refractivity contribution in [3.63, 3.8) is 0 Å². The number of amides is 1. The lowest BCUT2D eigenvalue weighted by atomic mass is 9.93. The average Bonchev–Trinajstić information content (AvgIpc) is 2.55. The first-order valence-electron chi connectivity index (χ1n) is 9.14. The van der Waals surface area contributed by atoms with Crippen LogP contribution in [0.25, 0.3) is 0 Å². The molecule has 22 heavy (non-hydrogen) atoms. The molecule has 1 saturated heterocycles. The highest BCUT2D eigenvalue weighted by atomic mass is 16.2. The molecule has 1 aliphatic carbocycles. The van der Waals surface area contributed by atoms with E-state index in [1.165, 1.54) is 32.1 Å². The highest BCUT2D eigenvalue weighted by Gasteiger charge is 2.28. The van der Waals surface area contributed by atoms with Gasteiger partial charge in [-0.1, -0.05) is 26.2 Å². The van der Waals surface area contributed by atoms with Crippen molar-refractivity contribution in [2.24, 2.45) is 5.92 Å². The predicted molar refractivity (Wildman–Crippen MR) is 92.0 cm³/mol. The van der Waals surface area contributed by atoms with Crippen LogP contribution in [0, 0.1) is 5.92 Å². The Morgan fingerprint density at radius 2 is 1.64 bits per heavy atom. The largest absolute Gasteiger partial charge is 0.342 e. The number of likely N-dealkylation sites (tertiary alicyclic amines) is 1. The van der Waals surface area contributed by atoms with Crippen molar-refractivity contribution in [1.29, 1.82) is 0 Å². The van der Waals surface area contributed by atoms with Gasteiger partial charge >= 0.3 is 0 Å². The van der Waals surface area contributed by atoms with Crippen LogP contribution in [0.15, 0.2) is 0 Å². The van der Waals surface area contributed by atoms with E-state index in [9.17, 15) is 4.79 Å². The second-order valence-corrected chi connectivity index (χ2v) is 7.62. The third-order valence-electron chi connectivity index (χ3n) is 5.76. The molecule has 0 aromatic rings. The van der Waals surface area contributed by atoms with Gasteiger partial charge in [0.15, 0.2) is 0 Å². The van der Waals surface area contributed by atoms with E-state index in [2.05, 4.69) is 30.8 Å². The minimum Gasteiger partial charge on any atom is -0.342 e. The highest BCUT2D eigenvalue weighted by Crippen LogP contribution is 2.23. The summed E-state index contributed by atoms with van der Waals surface area (Å²) in [5, 5.41) is 0. The molecule has 2 aliphatic rings. The van der Waals surface area contributed by atoms with Crippen molar-refractivity contribution < 1.29 is 4.79 Å². The lowest BCUT2D eigenvalue weighted by Gasteiger charge is -2.37. The molecule has 2 rings (SSSR count). The van der Waals surface area contributed by atoms with Crippen LogP contribution in [0.3, 0.4) is 0 Å². The van der Waals surface area contributed by atoms with E-state index in [1.807, 2.05) is 11.9 Å². The van der Waals surface area contributed by atoms with E-state index >= 15 is 0 Å². The van der Waals surface area contributed by atoms with Gasteiger partial charge in [0.1, 0.15) is 0 Å². The van der Waals surface area contributed by atoms with E-state index in [0.717, 1.165) is 32.5 Å². The molecule has 1 heterocycles. The third-order valence-corrected chi connectivity index (χ3v) is 5.76. The number of nitrogens with zero attached hydrogens (tertiary/aromatic N) is 3. The maximum absolute atomic E-state index is 12.7. The second kappa shape index (κ2) is 8.30. The Bertz CT molecular complexity index is 346. The summed E-state index contributed by atoms with van der Waals surface area (Å²) >= 11 is 0. The summed E-state index contributed by atoms with van der Waals surface area (Å²) in [4.78, 5) is 19.6. The SMILES string of the molecule is CC(CN(C)C1CCCCC1)C(=O)N(C)C1CCN(C)CC1. The lowest BCUT2D eigenvalue weighted by Crippen LogP contribution is -2.48. The van der Waals surface area contributed by atoms with E-state index in [-0.39, 0.29) is 5.92 Å². The van der Waals surface area contributed by atoms with Crippen molar-refractivity contribution in [3.05, 3.63) is 0 Å². The molecule has 1 atom stereocenters. The normalized spacial score (nSPS) is 23.7. The van der Waals surface area contributed by atoms with Crippen molar-refractivity contribution in [1.82, 2.24) is 14.7 Å². The Morgan fingerprint density at radius 1 is 1.05 bits per heavy atom. The average molecular weight is 309 g/mol. The first-order chi connectivity index (χ1) is 10.5. The molecule has 0 aromatic heterocycles. The van der Waals surface area contributed by atoms with E-state index in [1.54, 1.807) is 0 Å². The minimum absolute atomic E-state index is 0.108. The van der Waals surface area contributed by atoms with Crippen molar-refractivity contribution in [3.8, 4) is 0 Å². The van der Waals surface area contributed by atoms with E-state index in [0.29, 0.717) is 18.0 Å². The zero-order valence-electron chi connectivity index (χ0n) is 15.1. The van der Waals surface area contributed by atoms with Crippen LogP contribution >= 0.6 is 0 Å². The van der Waals surface area contributed by atoms with Gasteiger partial charge < -0.3 is 14.7 Å². The standard InChI is InChI=1S/C18H35N3O/c1-15(14-20(3)16-8-6-5-7-9-16)18(22)21(4)17-10-12-19(2)13-11-17/h15-17H,5-14H2,1-4H3. The molecule has 1 aliphatic heterocycles. The maximum Gasteiger partial charge on any atom is 0.226 e. The summed E-state index contributed by atoms with van der Waals surface area (Å²) in [7, 11) is 6.38. The van der Waals surface area contributed by atoms with Gasteiger partial charge in [-0.05, 0) is 52.9 Å². The molecule has 128 valence electrons. The fourth-order valence-electron chi connectivity index (χ4n) is 4.09. The monoisotopic (exact) mass is 309 g/mol. The first-order valence-corrected chi connectivity index (χ1v) is 9.14. The second-order valence-electron chi connectivity index (χ2n) is 7.62. The van der Waals surface area contributed by atoms with Gasteiger partial charge in [-0.3, -0.25) is 4.79 Å². The van der Waals surface area contributed by atoms with Crippen molar-refractivity contribution >= 4 is 5.91 Å². The molecule has 4 heteroatoms. The Morgan fingerprint density at radius 3 is 2.23 bits per heavy atom. The van der Waals surface area contributed by atoms with Gasteiger partial charge in [-0.2, -0.15) is 0 Å². The Hall–Kier alpha value is -0.610. The molecule has 0 spiro atoms. The molecule has 0 bridgehead atoms. The van der Waals surface area contributed by atoms with Crippen molar-refractivity contribution in [2.75, 3.05) is 40.8 Å². The van der Waals surface area contributed by atoms with Crippen LogP contribution in [0.5, 0.6) is 0 Å². The van der Waals surface area contributed by atoms with Gasteiger partial charge in [0.25, 0.3) is 0 Å². The van der Waals surface area contributed by atoms with Gasteiger partial charge in [-0.25, -0.2) is 0 Å². The molecular formula is C18H35N3O. The molecule has 0 radical (unpaired) electrons. The molecule has 0 aromatic carbocycles. The fraction of sp³-hybridized carbons (Fsp3) is 0.944. The Labute approximate surface area is 136 Å². The molecule has 1 unspecified atom stereocenters. The van der Waals surface area contributed by atoms with Crippen LogP contribution in [-0.4, -0.2) is 73.5 Å². The van der Waals surface area contributed by atoms with Crippen LogP contribution in [0.2, 0.25) is 0 Å². The zero-order valence-corrected chi connectivity index (χ0v) is 15.1. The minimum atomic E-state index is 0.108. The number of hydrogen-bond donors (Lipinski definition) is 0. The topological polar surface area (TPSA) is 26.8 Å². The first kappa shape index (κ1) is 17.7. The van der Waals surface area contributed by atoms with Gasteiger partial charge in [0.2, 0.25) is 5.91 Å². The van der Waals surface area contributed by atoms with Crippen LogP contribution in [0.1, 0.15) is 51.9 Å². The highest BCUT2D eigenvalue weighted by molar-refractivity contribution is 5.78. The van der Waals surface area contributed by atoms with E-state index in [4.69, 9.17) is 0 Å². The molecular weight excluding hydrogens is 274 g/mol. The van der Waals surface area contributed by atoms with Crippen LogP contribution < -0.4 is 0 Å². The van der Waals surface area contributed by atoms with Crippen LogP contribution in [-0.2, 0) is 4.79 Å². The summed E-state index contributed by atoms with van der Waals surface area (Å²) in [6.45, 7) is 5.23. The Kier molecular flexibility index (Phi) is 6.69. The lowest BCUT2D eigenvalue weighted by molar-refractivity contribution is -0.137. The predicted octanol–water partition coefficient (Wildman–Crippen LogP) is 2.44. The number of hydrogen-bond acceptors (Lipinski definition) is 3. The number of rotatable bonds is 5. The van der Waals surface area contributed by atoms with Crippen LogP contribution in [0.4, 0.5) is 0 Å². The molecule has 1 saturated carbocycles. The molecule has 4 nitrogen and oxygen atoms in total. The summed E-state index contributed by atoms with van der Waals surface area (Å²) in [6, 6.07) is 1.13. The fourth-order valence-corrected chi connectivity index (χ4v) is 4.09. The van der Waals surface area contributed by atoms with Gasteiger partial charge in [-0.15, -0.1) is 0 Å². The smallest absolute Gasteiger partial charge is 0.226 e. The van der Waals surface area contributed by atoms with Gasteiger partial charge in [0.05, 0.1) is 0 Å². The maximum atomic E-state index is 12.7. The third kappa shape index (κ3) is 4.69. The number of carbonyl (C=O) groups is 1. The quantitative estimate of drug-likeness (QED) is 0.780. The number of carbonyl (C=O) groups excluding carboxylic acids is 1. The summed E-state index contributed by atoms with van der Waals surface area (Å²) < 4.78 is 0. The molecule has 0 N–H and O–H groups in total.